The van der Waals surface area contributed by atoms with Crippen LogP contribution in [0.4, 0.5) is 18.9 Å². The van der Waals surface area contributed by atoms with E-state index in [1.165, 1.54) is 26.1 Å². The number of benzene rings is 2. The van der Waals surface area contributed by atoms with Gasteiger partial charge in [-0.1, -0.05) is 35.9 Å². The number of halogens is 4. The van der Waals surface area contributed by atoms with E-state index in [0.29, 0.717) is 0 Å². The molecule has 29 heavy (non-hydrogen) atoms. The minimum atomic E-state index is -4.65. The third kappa shape index (κ3) is 5.73. The fourth-order valence-electron chi connectivity index (χ4n) is 2.61. The van der Waals surface area contributed by atoms with Crippen LogP contribution in [-0.4, -0.2) is 36.5 Å². The number of esters is 1. The van der Waals surface area contributed by atoms with Crippen molar-refractivity contribution in [2.75, 3.05) is 13.6 Å². The maximum absolute atomic E-state index is 13.4. The highest BCUT2D eigenvalue weighted by Gasteiger charge is 2.38. The molecule has 8 heteroatoms. The van der Waals surface area contributed by atoms with Crippen molar-refractivity contribution >= 4 is 29.1 Å². The summed E-state index contributed by atoms with van der Waals surface area (Å²) in [6.07, 6.45) is -4.65. The molecule has 0 aromatic heterocycles. The van der Waals surface area contributed by atoms with E-state index in [9.17, 15) is 18.0 Å². The summed E-state index contributed by atoms with van der Waals surface area (Å²) < 4.78 is 45.5. The largest absolute Gasteiger partial charge is 0.457 e. The Morgan fingerprint density at radius 2 is 1.86 bits per heavy atom. The molecule has 0 unspecified atom stereocenters. The number of hydrogen-bond acceptors (Lipinski definition) is 3. The van der Waals surface area contributed by atoms with Crippen molar-refractivity contribution in [2.45, 2.75) is 33.6 Å². The standard InChI is InChI=1S/C21H22ClF3N2O2/c1-5-27(4)20(21(23,24)25)26-18-11-16(22)10-17(14(18)3)19(28)29-12-15-9-7-6-8-13(15)2/h6-11H,5,12H2,1-4H3. The van der Waals surface area contributed by atoms with Crippen molar-refractivity contribution in [3.8, 4) is 0 Å². The molecule has 2 aromatic carbocycles. The summed E-state index contributed by atoms with van der Waals surface area (Å²) in [7, 11) is 1.30. The van der Waals surface area contributed by atoms with Crippen LogP contribution >= 0.6 is 11.6 Å². The summed E-state index contributed by atoms with van der Waals surface area (Å²) >= 11 is 6.05. The van der Waals surface area contributed by atoms with Gasteiger partial charge >= 0.3 is 12.1 Å². The van der Waals surface area contributed by atoms with Gasteiger partial charge in [-0.2, -0.15) is 13.2 Å². The molecule has 0 atom stereocenters. The van der Waals surface area contributed by atoms with Crippen LogP contribution < -0.4 is 0 Å². The molecule has 0 spiro atoms. The normalized spacial score (nSPS) is 12.1. The van der Waals surface area contributed by atoms with Crippen LogP contribution in [0.2, 0.25) is 5.02 Å². The zero-order valence-electron chi connectivity index (χ0n) is 16.6. The van der Waals surface area contributed by atoms with Crippen molar-refractivity contribution in [3.05, 3.63) is 63.7 Å². The molecule has 2 aromatic rings. The van der Waals surface area contributed by atoms with E-state index in [-0.39, 0.29) is 35.0 Å². The lowest BCUT2D eigenvalue weighted by Gasteiger charge is -2.22. The van der Waals surface area contributed by atoms with Crippen molar-refractivity contribution in [2.24, 2.45) is 4.99 Å². The number of hydrogen-bond donors (Lipinski definition) is 0. The number of ether oxygens (including phenoxy) is 1. The van der Waals surface area contributed by atoms with Gasteiger partial charge in [0.25, 0.3) is 0 Å². The van der Waals surface area contributed by atoms with E-state index < -0.39 is 18.0 Å². The minimum absolute atomic E-state index is 0.0343. The van der Waals surface area contributed by atoms with Crippen LogP contribution in [0.15, 0.2) is 41.4 Å². The van der Waals surface area contributed by atoms with E-state index in [1.807, 2.05) is 31.2 Å². The first-order chi connectivity index (χ1) is 13.5. The lowest BCUT2D eigenvalue weighted by molar-refractivity contribution is -0.0675. The predicted octanol–water partition coefficient (Wildman–Crippen LogP) is 5.86. The van der Waals surface area contributed by atoms with Gasteiger partial charge in [-0.05, 0) is 49.6 Å². The number of rotatable bonds is 5. The molecule has 2 rings (SSSR count). The number of carbonyl (C=O) groups excluding carboxylic acids is 1. The Kier molecular flexibility index (Phi) is 7.30. The van der Waals surface area contributed by atoms with Gasteiger partial charge in [-0.25, -0.2) is 9.79 Å². The van der Waals surface area contributed by atoms with Gasteiger partial charge in [0.15, 0.2) is 0 Å². The lowest BCUT2D eigenvalue weighted by atomic mass is 10.1. The highest BCUT2D eigenvalue weighted by atomic mass is 35.5. The molecule has 0 heterocycles. The molecule has 0 aliphatic heterocycles. The summed E-state index contributed by atoms with van der Waals surface area (Å²) in [4.78, 5) is 17.3. The number of alkyl halides is 3. The molecule has 0 N–H and O–H groups in total. The van der Waals surface area contributed by atoms with E-state index in [2.05, 4.69) is 4.99 Å². The van der Waals surface area contributed by atoms with Crippen molar-refractivity contribution < 1.29 is 22.7 Å². The Morgan fingerprint density at radius 3 is 2.45 bits per heavy atom. The van der Waals surface area contributed by atoms with Crippen LogP contribution in [0.1, 0.15) is 34.0 Å². The zero-order valence-corrected chi connectivity index (χ0v) is 17.4. The second-order valence-electron chi connectivity index (χ2n) is 6.55. The first-order valence-electron chi connectivity index (χ1n) is 8.93. The second-order valence-corrected chi connectivity index (χ2v) is 6.98. The highest BCUT2D eigenvalue weighted by Crippen LogP contribution is 2.31. The lowest BCUT2D eigenvalue weighted by Crippen LogP contribution is -2.38. The molecule has 156 valence electrons. The van der Waals surface area contributed by atoms with Gasteiger partial charge in [0.05, 0.1) is 11.3 Å². The summed E-state index contributed by atoms with van der Waals surface area (Å²) in [5.41, 5.74) is 2.10. The number of aliphatic imine (C=N–C) groups is 1. The molecule has 0 saturated heterocycles. The van der Waals surface area contributed by atoms with Gasteiger partial charge in [-0.15, -0.1) is 0 Å². The van der Waals surface area contributed by atoms with E-state index >= 15 is 0 Å². The molecule has 0 radical (unpaired) electrons. The number of nitrogens with zero attached hydrogens (tertiary/aromatic N) is 2. The SMILES string of the molecule is CCN(C)C(=Nc1cc(Cl)cc(C(=O)OCc2ccccc2C)c1C)C(F)(F)F. The number of amidine groups is 1. The van der Waals surface area contributed by atoms with Crippen LogP contribution in [0.3, 0.4) is 0 Å². The van der Waals surface area contributed by atoms with Crippen molar-refractivity contribution in [1.82, 2.24) is 4.90 Å². The first-order valence-corrected chi connectivity index (χ1v) is 9.31. The molecular formula is C21H22ClF3N2O2. The summed E-state index contributed by atoms with van der Waals surface area (Å²) in [6.45, 7) is 5.15. The maximum Gasteiger partial charge on any atom is 0.449 e. The Balaban J connectivity index is 2.38. The summed E-state index contributed by atoms with van der Waals surface area (Å²) in [5, 5.41) is 0.0952. The van der Waals surface area contributed by atoms with E-state index in [0.717, 1.165) is 16.0 Å². The molecule has 4 nitrogen and oxygen atoms in total. The molecule has 0 fully saturated rings. The third-order valence-corrected chi connectivity index (χ3v) is 4.72. The molecule has 0 amide bonds. The Morgan fingerprint density at radius 1 is 1.21 bits per heavy atom. The van der Waals surface area contributed by atoms with Crippen molar-refractivity contribution in [3.63, 3.8) is 0 Å². The molecule has 0 bridgehead atoms. The predicted molar refractivity (Wildman–Crippen MR) is 108 cm³/mol. The Bertz CT molecular complexity index is 927. The fourth-order valence-corrected chi connectivity index (χ4v) is 2.83. The van der Waals surface area contributed by atoms with Gasteiger partial charge in [0, 0.05) is 18.6 Å². The number of carbonyl (C=O) groups is 1. The molecule has 0 aliphatic rings. The Labute approximate surface area is 173 Å². The van der Waals surface area contributed by atoms with Crippen LogP contribution in [0, 0.1) is 13.8 Å². The third-order valence-electron chi connectivity index (χ3n) is 4.50. The summed E-state index contributed by atoms with van der Waals surface area (Å²) in [5.74, 6) is -1.74. The van der Waals surface area contributed by atoms with Crippen LogP contribution in [0.25, 0.3) is 0 Å². The first kappa shape index (κ1) is 22.7. The average molecular weight is 427 g/mol. The van der Waals surface area contributed by atoms with Crippen molar-refractivity contribution in [1.29, 1.82) is 0 Å². The van der Waals surface area contributed by atoms with Gasteiger partial charge in [0.2, 0.25) is 5.84 Å². The van der Waals surface area contributed by atoms with E-state index in [1.54, 1.807) is 6.92 Å². The molecule has 0 saturated carbocycles. The second kappa shape index (κ2) is 9.31. The monoisotopic (exact) mass is 426 g/mol. The zero-order chi connectivity index (χ0) is 21.8. The topological polar surface area (TPSA) is 41.9 Å². The smallest absolute Gasteiger partial charge is 0.449 e. The van der Waals surface area contributed by atoms with Gasteiger partial charge in [-0.3, -0.25) is 0 Å². The van der Waals surface area contributed by atoms with E-state index in [4.69, 9.17) is 16.3 Å². The van der Waals surface area contributed by atoms with Crippen LogP contribution in [-0.2, 0) is 11.3 Å². The number of aryl methyl sites for hydroxylation is 1. The highest BCUT2D eigenvalue weighted by molar-refractivity contribution is 6.31. The van der Waals surface area contributed by atoms with Gasteiger partial charge in [0.1, 0.15) is 6.61 Å². The average Bonchev–Trinajstić information content (AvgIpc) is 2.65. The quantitative estimate of drug-likeness (QED) is 0.341. The maximum atomic E-state index is 13.4. The van der Waals surface area contributed by atoms with Gasteiger partial charge < -0.3 is 9.64 Å². The minimum Gasteiger partial charge on any atom is -0.457 e. The molecular weight excluding hydrogens is 405 g/mol. The summed E-state index contributed by atoms with van der Waals surface area (Å²) in [6, 6.07) is 10.1. The van der Waals surface area contributed by atoms with Crippen LogP contribution in [0.5, 0.6) is 0 Å². The Hall–Kier alpha value is -2.54. The fraction of sp³-hybridized carbons (Fsp3) is 0.333. The molecule has 0 aliphatic carbocycles.